The first-order chi connectivity index (χ1) is 8.69. The van der Waals surface area contributed by atoms with Gasteiger partial charge in [0, 0.05) is 4.90 Å². The zero-order valence-electron chi connectivity index (χ0n) is 9.53. The summed E-state index contributed by atoms with van der Waals surface area (Å²) in [6, 6.07) is 7.41. The average Bonchev–Trinajstić information content (AvgIpc) is 2.40. The third kappa shape index (κ3) is 2.98. The normalized spacial score (nSPS) is 10.1. The number of rotatable bonds is 4. The summed E-state index contributed by atoms with van der Waals surface area (Å²) in [4.78, 5) is 19.4. The maximum atomic E-state index is 10.7. The summed E-state index contributed by atoms with van der Waals surface area (Å²) in [5, 5.41) is 8.78. The van der Waals surface area contributed by atoms with E-state index in [0.29, 0.717) is 5.75 Å². The molecule has 0 atom stereocenters. The lowest BCUT2D eigenvalue weighted by atomic mass is 10.3. The van der Waals surface area contributed by atoms with Crippen molar-refractivity contribution in [3.8, 4) is 11.6 Å². The molecule has 0 aliphatic carbocycles. The Morgan fingerprint density at radius 2 is 2.00 bits per heavy atom. The van der Waals surface area contributed by atoms with Gasteiger partial charge in [-0.25, -0.2) is 9.78 Å². The second-order valence-electron chi connectivity index (χ2n) is 3.33. The molecule has 0 unspecified atom stereocenters. The number of aromatic carboxylic acids is 1. The summed E-state index contributed by atoms with van der Waals surface area (Å²) in [6.07, 6.45) is 4.53. The van der Waals surface area contributed by atoms with Crippen LogP contribution in [-0.4, -0.2) is 27.3 Å². The van der Waals surface area contributed by atoms with Crippen LogP contribution in [0.2, 0.25) is 0 Å². The van der Waals surface area contributed by atoms with Crippen LogP contribution in [0.1, 0.15) is 10.5 Å². The highest BCUT2D eigenvalue weighted by Gasteiger charge is 2.07. The predicted molar refractivity (Wildman–Crippen MR) is 67.3 cm³/mol. The Morgan fingerprint density at radius 3 is 2.61 bits per heavy atom. The molecule has 1 heterocycles. The summed E-state index contributed by atoms with van der Waals surface area (Å²) >= 11 is 1.63. The van der Waals surface area contributed by atoms with Crippen molar-refractivity contribution in [2.24, 2.45) is 0 Å². The molecule has 1 aromatic carbocycles. The first-order valence-corrected chi connectivity index (χ1v) is 6.29. The molecule has 0 saturated carbocycles. The monoisotopic (exact) mass is 262 g/mol. The lowest BCUT2D eigenvalue weighted by Gasteiger charge is -2.05. The molecule has 0 amide bonds. The Morgan fingerprint density at radius 1 is 1.28 bits per heavy atom. The van der Waals surface area contributed by atoms with Crippen LogP contribution in [0.5, 0.6) is 11.6 Å². The Bertz CT molecular complexity index is 558. The number of aromatic nitrogens is 2. The molecular formula is C12H10N2O3S. The summed E-state index contributed by atoms with van der Waals surface area (Å²) in [5.74, 6) is -0.387. The number of nitrogens with zero attached hydrogens (tertiary/aromatic N) is 2. The van der Waals surface area contributed by atoms with Crippen LogP contribution in [0, 0.1) is 0 Å². The molecule has 92 valence electrons. The maximum Gasteiger partial charge on any atom is 0.356 e. The van der Waals surface area contributed by atoms with Crippen LogP contribution in [0.3, 0.4) is 0 Å². The second kappa shape index (κ2) is 5.50. The quantitative estimate of drug-likeness (QED) is 0.854. The molecule has 18 heavy (non-hydrogen) atoms. The number of ether oxygens (including phenoxy) is 1. The van der Waals surface area contributed by atoms with Gasteiger partial charge in [0.2, 0.25) is 5.88 Å². The van der Waals surface area contributed by atoms with E-state index < -0.39 is 5.97 Å². The highest BCUT2D eigenvalue weighted by molar-refractivity contribution is 7.98. The van der Waals surface area contributed by atoms with Gasteiger partial charge < -0.3 is 9.84 Å². The lowest BCUT2D eigenvalue weighted by molar-refractivity contribution is 0.0689. The van der Waals surface area contributed by atoms with E-state index in [4.69, 9.17) is 9.84 Å². The van der Waals surface area contributed by atoms with E-state index in [0.717, 1.165) is 4.90 Å². The number of carboxylic acid groups (broad SMARTS) is 1. The van der Waals surface area contributed by atoms with Gasteiger partial charge in [0.15, 0.2) is 5.69 Å². The number of hydrogen-bond acceptors (Lipinski definition) is 5. The Balaban J connectivity index is 2.17. The van der Waals surface area contributed by atoms with Crippen molar-refractivity contribution < 1.29 is 14.6 Å². The van der Waals surface area contributed by atoms with E-state index in [2.05, 4.69) is 9.97 Å². The van der Waals surface area contributed by atoms with Gasteiger partial charge in [-0.2, -0.15) is 0 Å². The summed E-state index contributed by atoms with van der Waals surface area (Å²) in [6.45, 7) is 0. The molecule has 1 aromatic heterocycles. The fraction of sp³-hybridized carbons (Fsp3) is 0.0833. The van der Waals surface area contributed by atoms with Crippen molar-refractivity contribution in [1.29, 1.82) is 0 Å². The number of hydrogen-bond donors (Lipinski definition) is 1. The fourth-order valence-electron chi connectivity index (χ4n) is 1.26. The van der Waals surface area contributed by atoms with Crippen LogP contribution in [0.4, 0.5) is 0 Å². The summed E-state index contributed by atoms with van der Waals surface area (Å²) in [7, 11) is 0. The summed E-state index contributed by atoms with van der Waals surface area (Å²) < 4.78 is 5.42. The molecule has 0 spiro atoms. The van der Waals surface area contributed by atoms with Gasteiger partial charge in [-0.15, -0.1) is 11.8 Å². The Kier molecular flexibility index (Phi) is 3.78. The fourth-order valence-corrected chi connectivity index (χ4v) is 1.67. The van der Waals surface area contributed by atoms with Gasteiger partial charge in [0.05, 0.1) is 12.4 Å². The molecule has 2 aromatic rings. The smallest absolute Gasteiger partial charge is 0.356 e. The Labute approximate surface area is 108 Å². The molecule has 1 N–H and O–H groups in total. The molecule has 0 fully saturated rings. The predicted octanol–water partition coefficient (Wildman–Crippen LogP) is 2.69. The molecular weight excluding hydrogens is 252 g/mol. The molecule has 2 rings (SSSR count). The molecule has 0 aliphatic heterocycles. The van der Waals surface area contributed by atoms with Gasteiger partial charge >= 0.3 is 5.97 Å². The molecule has 0 bridgehead atoms. The number of carboxylic acids is 1. The van der Waals surface area contributed by atoms with Crippen LogP contribution in [-0.2, 0) is 0 Å². The molecule has 5 nitrogen and oxygen atoms in total. The zero-order valence-corrected chi connectivity index (χ0v) is 10.3. The van der Waals surface area contributed by atoms with Crippen molar-refractivity contribution in [3.05, 3.63) is 42.4 Å². The van der Waals surface area contributed by atoms with Gasteiger partial charge in [-0.05, 0) is 30.5 Å². The molecule has 0 saturated heterocycles. The topological polar surface area (TPSA) is 72.3 Å². The Hall–Kier alpha value is -2.08. The minimum atomic E-state index is -1.13. The minimum absolute atomic E-state index is 0.145. The standard InChI is InChI=1S/C12H10N2O3S/c1-18-9-4-2-8(3-5-9)17-11-7-13-6-10(14-11)12(15)16/h2-7H,1H3,(H,15,16). The van der Waals surface area contributed by atoms with Gasteiger partial charge in [0.1, 0.15) is 5.75 Å². The van der Waals surface area contributed by atoms with E-state index in [1.165, 1.54) is 12.4 Å². The van der Waals surface area contributed by atoms with Crippen molar-refractivity contribution in [2.75, 3.05) is 6.26 Å². The van der Waals surface area contributed by atoms with E-state index >= 15 is 0 Å². The minimum Gasteiger partial charge on any atom is -0.476 e. The molecule has 6 heteroatoms. The van der Waals surface area contributed by atoms with Crippen molar-refractivity contribution in [3.63, 3.8) is 0 Å². The van der Waals surface area contributed by atoms with Crippen LogP contribution in [0.15, 0.2) is 41.6 Å². The van der Waals surface area contributed by atoms with Crippen molar-refractivity contribution in [1.82, 2.24) is 9.97 Å². The average molecular weight is 262 g/mol. The highest BCUT2D eigenvalue weighted by atomic mass is 32.2. The van der Waals surface area contributed by atoms with Crippen molar-refractivity contribution >= 4 is 17.7 Å². The zero-order chi connectivity index (χ0) is 13.0. The lowest BCUT2D eigenvalue weighted by Crippen LogP contribution is -2.02. The molecule has 0 radical (unpaired) electrons. The van der Waals surface area contributed by atoms with Crippen LogP contribution >= 0.6 is 11.8 Å². The second-order valence-corrected chi connectivity index (χ2v) is 4.20. The van der Waals surface area contributed by atoms with Crippen LogP contribution in [0.25, 0.3) is 0 Å². The maximum absolute atomic E-state index is 10.7. The van der Waals surface area contributed by atoms with E-state index in [1.807, 2.05) is 18.4 Å². The van der Waals surface area contributed by atoms with Gasteiger partial charge in [0.25, 0.3) is 0 Å². The van der Waals surface area contributed by atoms with E-state index in [-0.39, 0.29) is 11.6 Å². The SMILES string of the molecule is CSc1ccc(Oc2cncc(C(=O)O)n2)cc1. The van der Waals surface area contributed by atoms with Crippen LogP contribution < -0.4 is 4.74 Å². The first-order valence-electron chi connectivity index (χ1n) is 5.06. The van der Waals surface area contributed by atoms with Gasteiger partial charge in [-0.3, -0.25) is 4.98 Å². The largest absolute Gasteiger partial charge is 0.476 e. The van der Waals surface area contributed by atoms with Crippen molar-refractivity contribution in [2.45, 2.75) is 4.90 Å². The highest BCUT2D eigenvalue weighted by Crippen LogP contribution is 2.22. The van der Waals surface area contributed by atoms with E-state index in [1.54, 1.807) is 23.9 Å². The van der Waals surface area contributed by atoms with E-state index in [9.17, 15) is 4.79 Å². The number of thioether (sulfide) groups is 1. The van der Waals surface area contributed by atoms with Gasteiger partial charge in [-0.1, -0.05) is 0 Å². The number of benzene rings is 1. The third-order valence-corrected chi connectivity index (χ3v) is 2.86. The third-order valence-electron chi connectivity index (χ3n) is 2.11. The first kappa shape index (κ1) is 12.4. The summed E-state index contributed by atoms with van der Waals surface area (Å²) in [5.41, 5.74) is -0.145. The number of carbonyl (C=O) groups is 1. The molecule has 0 aliphatic rings.